The number of hydrazine groups is 1. The van der Waals surface area contributed by atoms with Crippen LogP contribution in [0, 0.1) is 0 Å². The van der Waals surface area contributed by atoms with Crippen LogP contribution in [0.15, 0.2) is 24.3 Å². The van der Waals surface area contributed by atoms with Crippen molar-refractivity contribution in [2.24, 2.45) is 0 Å². The molecule has 106 valence electrons. The third kappa shape index (κ3) is 2.18. The smallest absolute Gasteiger partial charge is 0.243 e. The molecule has 2 unspecified atom stereocenters. The highest BCUT2D eigenvalue weighted by Gasteiger charge is 2.34. The molecular weight excluding hydrogens is 254 g/mol. The number of anilines is 1. The summed E-state index contributed by atoms with van der Waals surface area (Å²) in [4.78, 5) is 25.8. The number of hydrogen-bond donors (Lipinski definition) is 1. The molecule has 1 saturated heterocycles. The molecule has 20 heavy (non-hydrogen) atoms. The van der Waals surface area contributed by atoms with E-state index in [4.69, 9.17) is 0 Å². The predicted molar refractivity (Wildman–Crippen MR) is 76.0 cm³/mol. The molecule has 5 heteroatoms. The molecular formula is C15H19N3O2. The molecule has 0 bridgehead atoms. The maximum atomic E-state index is 12.6. The summed E-state index contributed by atoms with van der Waals surface area (Å²) in [5.41, 5.74) is 4.96. The van der Waals surface area contributed by atoms with Crippen LogP contribution >= 0.6 is 0 Å². The fourth-order valence-electron chi connectivity index (χ4n) is 3.06. The van der Waals surface area contributed by atoms with E-state index >= 15 is 0 Å². The van der Waals surface area contributed by atoms with Gasteiger partial charge in [0.1, 0.15) is 0 Å². The predicted octanol–water partition coefficient (Wildman–Crippen LogP) is 1.09. The Balaban J connectivity index is 1.76. The molecule has 1 N–H and O–H groups in total. The molecule has 3 rings (SSSR count). The van der Waals surface area contributed by atoms with Gasteiger partial charge >= 0.3 is 0 Å². The summed E-state index contributed by atoms with van der Waals surface area (Å²) >= 11 is 0. The second kappa shape index (κ2) is 4.90. The fraction of sp³-hybridized carbons (Fsp3) is 0.467. The van der Waals surface area contributed by atoms with Gasteiger partial charge in [0, 0.05) is 24.2 Å². The zero-order valence-corrected chi connectivity index (χ0v) is 11.8. The van der Waals surface area contributed by atoms with E-state index in [0.29, 0.717) is 6.42 Å². The summed E-state index contributed by atoms with van der Waals surface area (Å²) in [6.45, 7) is 4.24. The molecule has 2 aliphatic rings. The van der Waals surface area contributed by atoms with Crippen LogP contribution in [0.1, 0.15) is 25.8 Å². The lowest BCUT2D eigenvalue weighted by Gasteiger charge is -2.27. The number of carbonyl (C=O) groups excluding carboxylic acids is 2. The fourth-order valence-corrected chi connectivity index (χ4v) is 3.06. The number of benzene rings is 1. The normalized spacial score (nSPS) is 25.7. The van der Waals surface area contributed by atoms with Gasteiger partial charge in [0.2, 0.25) is 11.8 Å². The van der Waals surface area contributed by atoms with Crippen molar-refractivity contribution in [2.45, 2.75) is 38.8 Å². The van der Waals surface area contributed by atoms with Gasteiger partial charge in [-0.1, -0.05) is 18.2 Å². The Hall–Kier alpha value is -1.88. The molecule has 1 aromatic rings. The Bertz CT molecular complexity index is 558. The maximum absolute atomic E-state index is 12.6. The highest BCUT2D eigenvalue weighted by molar-refractivity contribution is 5.97. The summed E-state index contributed by atoms with van der Waals surface area (Å²) < 4.78 is 0. The van der Waals surface area contributed by atoms with Crippen molar-refractivity contribution in [3.05, 3.63) is 29.8 Å². The van der Waals surface area contributed by atoms with E-state index in [-0.39, 0.29) is 30.4 Å². The molecule has 2 heterocycles. The average molecular weight is 273 g/mol. The van der Waals surface area contributed by atoms with Crippen LogP contribution in [0.3, 0.4) is 0 Å². The molecule has 2 amide bonds. The largest absolute Gasteiger partial charge is 0.308 e. The number of nitrogens with zero attached hydrogens (tertiary/aromatic N) is 2. The van der Waals surface area contributed by atoms with Crippen molar-refractivity contribution in [3.8, 4) is 0 Å². The molecule has 2 aliphatic heterocycles. The minimum absolute atomic E-state index is 0.0137. The molecule has 0 aromatic heterocycles. The average Bonchev–Trinajstić information content (AvgIpc) is 2.88. The number of fused-ring (bicyclic) bond motifs is 1. The van der Waals surface area contributed by atoms with Crippen LogP contribution in [-0.2, 0) is 16.0 Å². The minimum Gasteiger partial charge on any atom is -0.308 e. The Kier molecular flexibility index (Phi) is 3.22. The minimum atomic E-state index is -0.0137. The number of hydrogen-bond acceptors (Lipinski definition) is 3. The van der Waals surface area contributed by atoms with E-state index in [1.807, 2.05) is 30.0 Å². The van der Waals surface area contributed by atoms with E-state index in [0.717, 1.165) is 12.1 Å². The standard InChI is InChI=1S/C15H19N3O2/c1-10-8-14(19)16-17(10)9-15(20)18-11(2)7-12-5-3-4-6-13(12)18/h3-6,10-11H,7-9H2,1-2H3,(H,16,19). The summed E-state index contributed by atoms with van der Waals surface area (Å²) in [5.74, 6) is 0.0247. The zero-order valence-electron chi connectivity index (χ0n) is 11.8. The molecule has 2 atom stereocenters. The first-order valence-corrected chi connectivity index (χ1v) is 7.02. The van der Waals surface area contributed by atoms with Crippen LogP contribution in [0.2, 0.25) is 0 Å². The first kappa shape index (κ1) is 13.1. The van der Waals surface area contributed by atoms with E-state index in [9.17, 15) is 9.59 Å². The third-order valence-electron chi connectivity index (χ3n) is 4.06. The van der Waals surface area contributed by atoms with Gasteiger partial charge in [0.05, 0.1) is 6.54 Å². The number of carbonyl (C=O) groups is 2. The van der Waals surface area contributed by atoms with Crippen LogP contribution in [0.5, 0.6) is 0 Å². The highest BCUT2D eigenvalue weighted by atomic mass is 16.2. The monoisotopic (exact) mass is 273 g/mol. The highest BCUT2D eigenvalue weighted by Crippen LogP contribution is 2.31. The molecule has 5 nitrogen and oxygen atoms in total. The van der Waals surface area contributed by atoms with Crippen molar-refractivity contribution < 1.29 is 9.59 Å². The quantitative estimate of drug-likeness (QED) is 0.877. The Morgan fingerprint density at radius 2 is 2.00 bits per heavy atom. The lowest BCUT2D eigenvalue weighted by Crippen LogP contribution is -2.47. The first-order chi connectivity index (χ1) is 9.56. The first-order valence-electron chi connectivity index (χ1n) is 7.02. The molecule has 1 fully saturated rings. The van der Waals surface area contributed by atoms with Gasteiger partial charge in [-0.3, -0.25) is 15.0 Å². The summed E-state index contributed by atoms with van der Waals surface area (Å²) in [5, 5.41) is 1.73. The number of rotatable bonds is 2. The summed E-state index contributed by atoms with van der Waals surface area (Å²) in [6, 6.07) is 8.26. The van der Waals surface area contributed by atoms with Crippen molar-refractivity contribution in [3.63, 3.8) is 0 Å². The molecule has 0 saturated carbocycles. The van der Waals surface area contributed by atoms with Crippen molar-refractivity contribution in [1.82, 2.24) is 10.4 Å². The van der Waals surface area contributed by atoms with Gasteiger partial charge < -0.3 is 4.90 Å². The van der Waals surface area contributed by atoms with Gasteiger partial charge in [0.15, 0.2) is 0 Å². The van der Waals surface area contributed by atoms with Gasteiger partial charge in [-0.05, 0) is 31.9 Å². The third-order valence-corrected chi connectivity index (χ3v) is 4.06. The van der Waals surface area contributed by atoms with E-state index in [1.165, 1.54) is 5.56 Å². The Morgan fingerprint density at radius 1 is 1.25 bits per heavy atom. The second-order valence-electron chi connectivity index (χ2n) is 5.66. The number of para-hydroxylation sites is 1. The van der Waals surface area contributed by atoms with Gasteiger partial charge in [-0.25, -0.2) is 5.01 Å². The van der Waals surface area contributed by atoms with Crippen LogP contribution < -0.4 is 10.3 Å². The van der Waals surface area contributed by atoms with Crippen molar-refractivity contribution in [2.75, 3.05) is 11.4 Å². The van der Waals surface area contributed by atoms with Gasteiger partial charge in [-0.15, -0.1) is 0 Å². The lowest BCUT2D eigenvalue weighted by atomic mass is 10.1. The van der Waals surface area contributed by atoms with Crippen molar-refractivity contribution in [1.29, 1.82) is 0 Å². The van der Waals surface area contributed by atoms with Crippen LogP contribution in [0.25, 0.3) is 0 Å². The lowest BCUT2D eigenvalue weighted by molar-refractivity contribution is -0.123. The topological polar surface area (TPSA) is 52.7 Å². The second-order valence-corrected chi connectivity index (χ2v) is 5.66. The molecule has 0 spiro atoms. The SMILES string of the molecule is CC1CC(=O)NN1CC(=O)N1c2ccccc2CC1C. The van der Waals surface area contributed by atoms with Crippen LogP contribution in [0.4, 0.5) is 5.69 Å². The maximum Gasteiger partial charge on any atom is 0.243 e. The Morgan fingerprint density at radius 3 is 2.70 bits per heavy atom. The molecule has 1 aromatic carbocycles. The van der Waals surface area contributed by atoms with Gasteiger partial charge in [0.25, 0.3) is 0 Å². The number of nitrogens with one attached hydrogen (secondary N) is 1. The van der Waals surface area contributed by atoms with Crippen LogP contribution in [-0.4, -0.2) is 35.5 Å². The zero-order chi connectivity index (χ0) is 14.3. The van der Waals surface area contributed by atoms with E-state index in [1.54, 1.807) is 5.01 Å². The summed E-state index contributed by atoms with van der Waals surface area (Å²) in [6.07, 6.45) is 1.35. The summed E-state index contributed by atoms with van der Waals surface area (Å²) in [7, 11) is 0. The van der Waals surface area contributed by atoms with E-state index in [2.05, 4.69) is 18.4 Å². The van der Waals surface area contributed by atoms with Gasteiger partial charge in [-0.2, -0.15) is 0 Å². The molecule has 0 radical (unpaired) electrons. The van der Waals surface area contributed by atoms with E-state index < -0.39 is 0 Å². The van der Waals surface area contributed by atoms with Crippen molar-refractivity contribution >= 4 is 17.5 Å². The Labute approximate surface area is 118 Å². The number of amides is 2. The molecule has 0 aliphatic carbocycles.